The summed E-state index contributed by atoms with van der Waals surface area (Å²) in [7, 11) is -0.745. The topological polar surface area (TPSA) is 47.6 Å². The maximum atomic E-state index is 14.2. The lowest BCUT2D eigenvalue weighted by Crippen LogP contribution is -2.41. The molecule has 1 N–H and O–H groups in total. The zero-order valence-corrected chi connectivity index (χ0v) is 16.8. The minimum absolute atomic E-state index is 0.180. The van der Waals surface area contributed by atoms with Crippen LogP contribution >= 0.6 is 11.6 Å². The number of carbonyl (C=O) groups is 1. The van der Waals surface area contributed by atoms with E-state index in [1.165, 1.54) is 12.1 Å². The summed E-state index contributed by atoms with van der Waals surface area (Å²) in [5, 5.41) is 3.28. The number of benzene rings is 2. The summed E-state index contributed by atoms with van der Waals surface area (Å²) in [6.07, 6.45) is 0. The highest BCUT2D eigenvalue weighted by molar-refractivity contribution is 6.62. The van der Waals surface area contributed by atoms with Crippen molar-refractivity contribution in [2.45, 2.75) is 45.8 Å². The van der Waals surface area contributed by atoms with Crippen LogP contribution in [0, 0.1) is 12.7 Å². The van der Waals surface area contributed by atoms with Crippen LogP contribution in [-0.2, 0) is 9.31 Å². The molecule has 2 aromatic carbocycles. The van der Waals surface area contributed by atoms with Crippen molar-refractivity contribution in [3.8, 4) is 0 Å². The number of rotatable bonds is 3. The number of halogens is 2. The standard InChI is InChI=1S/C20H22BClFNO3/c1-12-6-7-15(22)11-17(12)24-18(25)13-8-14(10-16(23)9-13)21-26-19(2,3)20(4,5)27-21/h6-11H,1-5H3,(H,24,25). The minimum atomic E-state index is -0.745. The van der Waals surface area contributed by atoms with Gasteiger partial charge in [0.05, 0.1) is 11.2 Å². The fourth-order valence-corrected chi connectivity index (χ4v) is 2.95. The van der Waals surface area contributed by atoms with Crippen LogP contribution in [0.5, 0.6) is 0 Å². The number of hydrogen-bond donors (Lipinski definition) is 1. The molecule has 0 radical (unpaired) electrons. The summed E-state index contributed by atoms with van der Waals surface area (Å²) in [5.74, 6) is -0.965. The van der Waals surface area contributed by atoms with Gasteiger partial charge in [0.1, 0.15) is 5.82 Å². The predicted octanol–water partition coefficient (Wildman–Crippen LogP) is 4.34. The lowest BCUT2D eigenvalue weighted by molar-refractivity contribution is 0.00578. The Balaban J connectivity index is 1.88. The van der Waals surface area contributed by atoms with Crippen LogP contribution in [0.25, 0.3) is 0 Å². The van der Waals surface area contributed by atoms with Gasteiger partial charge >= 0.3 is 7.12 Å². The van der Waals surface area contributed by atoms with Crippen LogP contribution in [0.3, 0.4) is 0 Å². The molecule has 3 rings (SSSR count). The first kappa shape index (κ1) is 19.9. The predicted molar refractivity (Wildman–Crippen MR) is 106 cm³/mol. The van der Waals surface area contributed by atoms with Gasteiger partial charge in [0.15, 0.2) is 0 Å². The Morgan fingerprint density at radius 2 is 1.70 bits per heavy atom. The highest BCUT2D eigenvalue weighted by Crippen LogP contribution is 2.36. The summed E-state index contributed by atoms with van der Waals surface area (Å²) >= 11 is 5.99. The number of anilines is 1. The molecular formula is C20H22BClFNO3. The van der Waals surface area contributed by atoms with Crippen LogP contribution < -0.4 is 10.8 Å². The Labute approximate surface area is 164 Å². The van der Waals surface area contributed by atoms with E-state index >= 15 is 0 Å². The van der Waals surface area contributed by atoms with Gasteiger partial charge < -0.3 is 14.6 Å². The summed E-state index contributed by atoms with van der Waals surface area (Å²) in [5.41, 5.74) is 0.971. The zero-order chi connectivity index (χ0) is 20.0. The van der Waals surface area contributed by atoms with E-state index in [1.807, 2.05) is 34.6 Å². The number of amides is 1. The molecule has 1 aliphatic heterocycles. The van der Waals surface area contributed by atoms with Crippen molar-refractivity contribution < 1.29 is 18.5 Å². The van der Waals surface area contributed by atoms with Crippen molar-refractivity contribution in [2.75, 3.05) is 5.32 Å². The van der Waals surface area contributed by atoms with Crippen molar-refractivity contribution in [1.29, 1.82) is 0 Å². The lowest BCUT2D eigenvalue weighted by Gasteiger charge is -2.32. The summed E-state index contributed by atoms with van der Waals surface area (Å²) < 4.78 is 26.1. The molecule has 1 heterocycles. The first-order chi connectivity index (χ1) is 12.5. The monoisotopic (exact) mass is 389 g/mol. The number of nitrogens with one attached hydrogen (secondary N) is 1. The Morgan fingerprint density at radius 3 is 2.33 bits per heavy atom. The second kappa shape index (κ2) is 6.93. The fourth-order valence-electron chi connectivity index (χ4n) is 2.78. The molecule has 1 fully saturated rings. The quantitative estimate of drug-likeness (QED) is 0.794. The molecule has 1 aliphatic rings. The van der Waals surface area contributed by atoms with Crippen molar-refractivity contribution in [2.24, 2.45) is 0 Å². The Bertz CT molecular complexity index is 885. The number of hydrogen-bond acceptors (Lipinski definition) is 3. The first-order valence-electron chi connectivity index (χ1n) is 8.72. The molecule has 0 spiro atoms. The summed E-state index contributed by atoms with van der Waals surface area (Å²) in [6.45, 7) is 9.53. The first-order valence-corrected chi connectivity index (χ1v) is 9.10. The smallest absolute Gasteiger partial charge is 0.399 e. The van der Waals surface area contributed by atoms with Crippen molar-refractivity contribution in [3.63, 3.8) is 0 Å². The van der Waals surface area contributed by atoms with E-state index in [9.17, 15) is 9.18 Å². The normalized spacial score (nSPS) is 17.8. The van der Waals surface area contributed by atoms with Crippen LogP contribution in [0.2, 0.25) is 5.02 Å². The van der Waals surface area contributed by atoms with E-state index in [0.717, 1.165) is 5.56 Å². The Hall–Kier alpha value is -1.89. The SMILES string of the molecule is Cc1ccc(Cl)cc1NC(=O)c1cc(F)cc(B2OC(C)(C)C(C)(C)O2)c1. The number of carbonyl (C=O) groups excluding carboxylic acids is 1. The zero-order valence-electron chi connectivity index (χ0n) is 16.0. The highest BCUT2D eigenvalue weighted by atomic mass is 35.5. The van der Waals surface area contributed by atoms with Gasteiger partial charge in [-0.25, -0.2) is 4.39 Å². The van der Waals surface area contributed by atoms with Gasteiger partial charge in [-0.1, -0.05) is 17.7 Å². The molecule has 1 amide bonds. The van der Waals surface area contributed by atoms with Gasteiger partial charge in [-0.2, -0.15) is 0 Å². The Kier molecular flexibility index (Phi) is 5.10. The maximum Gasteiger partial charge on any atom is 0.494 e. The van der Waals surface area contributed by atoms with E-state index in [4.69, 9.17) is 20.9 Å². The van der Waals surface area contributed by atoms with Gasteiger partial charge in [0.2, 0.25) is 0 Å². The average Bonchev–Trinajstić information content (AvgIpc) is 2.78. The summed E-state index contributed by atoms with van der Waals surface area (Å²) in [4.78, 5) is 12.6. The fraction of sp³-hybridized carbons (Fsp3) is 0.350. The molecule has 0 saturated carbocycles. The molecule has 2 aromatic rings. The van der Waals surface area contributed by atoms with Gasteiger partial charge in [-0.3, -0.25) is 4.79 Å². The largest absolute Gasteiger partial charge is 0.494 e. The molecular weight excluding hydrogens is 367 g/mol. The maximum absolute atomic E-state index is 14.2. The van der Waals surface area contributed by atoms with E-state index in [0.29, 0.717) is 16.2 Å². The molecule has 4 nitrogen and oxygen atoms in total. The van der Waals surface area contributed by atoms with E-state index < -0.39 is 30.0 Å². The molecule has 1 saturated heterocycles. The Morgan fingerprint density at radius 1 is 1.07 bits per heavy atom. The molecule has 0 atom stereocenters. The third kappa shape index (κ3) is 4.03. The van der Waals surface area contributed by atoms with E-state index in [2.05, 4.69) is 5.32 Å². The minimum Gasteiger partial charge on any atom is -0.399 e. The number of aryl methyl sites for hydroxylation is 1. The summed E-state index contributed by atoms with van der Waals surface area (Å²) in [6, 6.07) is 9.29. The van der Waals surface area contributed by atoms with Crippen molar-refractivity contribution in [1.82, 2.24) is 0 Å². The third-order valence-electron chi connectivity index (χ3n) is 5.16. The van der Waals surface area contributed by atoms with Crippen LogP contribution in [0.4, 0.5) is 10.1 Å². The average molecular weight is 390 g/mol. The molecule has 0 aromatic heterocycles. The third-order valence-corrected chi connectivity index (χ3v) is 5.39. The van der Waals surface area contributed by atoms with Gasteiger partial charge in [-0.05, 0) is 76.0 Å². The van der Waals surface area contributed by atoms with Gasteiger partial charge in [-0.15, -0.1) is 0 Å². The van der Waals surface area contributed by atoms with Gasteiger partial charge in [0.25, 0.3) is 5.91 Å². The second-order valence-electron chi connectivity index (χ2n) is 7.77. The van der Waals surface area contributed by atoms with Crippen LogP contribution in [0.15, 0.2) is 36.4 Å². The molecule has 27 heavy (non-hydrogen) atoms. The molecule has 7 heteroatoms. The van der Waals surface area contributed by atoms with Crippen LogP contribution in [-0.4, -0.2) is 24.2 Å². The lowest BCUT2D eigenvalue weighted by atomic mass is 9.78. The molecule has 0 aliphatic carbocycles. The van der Waals surface area contributed by atoms with Crippen molar-refractivity contribution in [3.05, 3.63) is 58.4 Å². The van der Waals surface area contributed by atoms with Crippen LogP contribution in [0.1, 0.15) is 43.6 Å². The molecule has 0 bridgehead atoms. The van der Waals surface area contributed by atoms with Gasteiger partial charge in [0, 0.05) is 16.3 Å². The van der Waals surface area contributed by atoms with E-state index in [-0.39, 0.29) is 5.56 Å². The van der Waals surface area contributed by atoms with E-state index in [1.54, 1.807) is 24.3 Å². The molecule has 0 unspecified atom stereocenters. The molecule has 142 valence electrons. The second-order valence-corrected chi connectivity index (χ2v) is 8.21. The van der Waals surface area contributed by atoms with Crippen molar-refractivity contribution >= 4 is 35.8 Å². The highest BCUT2D eigenvalue weighted by Gasteiger charge is 2.51.